The molecule has 0 radical (unpaired) electrons. The molecule has 0 saturated carbocycles. The van der Waals surface area contributed by atoms with Crippen LogP contribution in [0, 0.1) is 0 Å². The van der Waals surface area contributed by atoms with Gasteiger partial charge in [0.15, 0.2) is 0 Å². The maximum atomic E-state index is 10.4. The summed E-state index contributed by atoms with van der Waals surface area (Å²) in [6.45, 7) is 10.7. The fourth-order valence-corrected chi connectivity index (χ4v) is 2.54. The summed E-state index contributed by atoms with van der Waals surface area (Å²) in [5, 5.41) is 13.7. The molecule has 4 nitrogen and oxygen atoms in total. The molecular weight excluding hydrogens is 228 g/mol. The predicted molar refractivity (Wildman–Crippen MR) is 74.8 cm³/mol. The van der Waals surface area contributed by atoms with Crippen molar-refractivity contribution >= 4 is 0 Å². The summed E-state index contributed by atoms with van der Waals surface area (Å²) in [6.07, 6.45) is 2.51. The smallest absolute Gasteiger partial charge is 0.0869 e. The van der Waals surface area contributed by atoms with Crippen molar-refractivity contribution in [3.05, 3.63) is 0 Å². The number of ether oxygens (including phenoxy) is 1. The van der Waals surface area contributed by atoms with Crippen molar-refractivity contribution in [2.75, 3.05) is 26.7 Å². The standard InChI is InChI=1S/C14H30N2O2/c1-11(2)15-9-14(4,17)10-16-7-6-13(18-5)8-12(16)3/h11-13,15,17H,6-10H2,1-5H3. The molecule has 1 saturated heterocycles. The van der Waals surface area contributed by atoms with E-state index in [9.17, 15) is 5.11 Å². The van der Waals surface area contributed by atoms with Gasteiger partial charge in [-0.15, -0.1) is 0 Å². The second kappa shape index (κ2) is 6.85. The molecule has 18 heavy (non-hydrogen) atoms. The van der Waals surface area contributed by atoms with E-state index in [0.717, 1.165) is 25.9 Å². The zero-order chi connectivity index (χ0) is 13.8. The third-order valence-electron chi connectivity index (χ3n) is 3.73. The molecule has 3 unspecified atom stereocenters. The molecule has 1 aliphatic rings. The fraction of sp³-hybridized carbons (Fsp3) is 1.00. The van der Waals surface area contributed by atoms with E-state index in [1.165, 1.54) is 0 Å². The Morgan fingerprint density at radius 3 is 2.67 bits per heavy atom. The quantitative estimate of drug-likeness (QED) is 0.752. The summed E-state index contributed by atoms with van der Waals surface area (Å²) in [4.78, 5) is 2.37. The van der Waals surface area contributed by atoms with Crippen LogP contribution in [0.4, 0.5) is 0 Å². The average molecular weight is 258 g/mol. The summed E-state index contributed by atoms with van der Waals surface area (Å²) in [6, 6.07) is 0.891. The molecule has 0 aromatic rings. The van der Waals surface area contributed by atoms with E-state index in [1.807, 2.05) is 6.92 Å². The largest absolute Gasteiger partial charge is 0.388 e. The lowest BCUT2D eigenvalue weighted by molar-refractivity contribution is -0.0321. The molecule has 0 aromatic heterocycles. The van der Waals surface area contributed by atoms with Crippen LogP contribution in [0.5, 0.6) is 0 Å². The zero-order valence-corrected chi connectivity index (χ0v) is 12.6. The van der Waals surface area contributed by atoms with Gasteiger partial charge in [-0.2, -0.15) is 0 Å². The van der Waals surface area contributed by atoms with Gasteiger partial charge in [-0.3, -0.25) is 4.90 Å². The highest BCUT2D eigenvalue weighted by Gasteiger charge is 2.31. The highest BCUT2D eigenvalue weighted by molar-refractivity contribution is 4.86. The molecule has 1 rings (SSSR count). The molecule has 1 fully saturated rings. The van der Waals surface area contributed by atoms with Gasteiger partial charge in [0.05, 0.1) is 11.7 Å². The van der Waals surface area contributed by atoms with Gasteiger partial charge in [-0.25, -0.2) is 0 Å². The minimum absolute atomic E-state index is 0.384. The second-order valence-corrected chi connectivity index (χ2v) is 6.23. The third-order valence-corrected chi connectivity index (χ3v) is 3.73. The minimum Gasteiger partial charge on any atom is -0.388 e. The Morgan fingerprint density at radius 1 is 1.50 bits per heavy atom. The van der Waals surface area contributed by atoms with E-state index in [0.29, 0.717) is 24.7 Å². The van der Waals surface area contributed by atoms with E-state index < -0.39 is 5.60 Å². The highest BCUT2D eigenvalue weighted by atomic mass is 16.5. The van der Waals surface area contributed by atoms with Crippen LogP contribution >= 0.6 is 0 Å². The maximum Gasteiger partial charge on any atom is 0.0869 e. The van der Waals surface area contributed by atoms with Crippen molar-refractivity contribution in [1.82, 2.24) is 10.2 Å². The number of piperidine rings is 1. The lowest BCUT2D eigenvalue weighted by atomic mass is 9.97. The molecule has 108 valence electrons. The van der Waals surface area contributed by atoms with Crippen LogP contribution in [0.25, 0.3) is 0 Å². The Balaban J connectivity index is 2.41. The van der Waals surface area contributed by atoms with E-state index in [2.05, 4.69) is 31.0 Å². The molecule has 2 N–H and O–H groups in total. The molecule has 1 aliphatic heterocycles. The summed E-state index contributed by atoms with van der Waals surface area (Å²) < 4.78 is 5.42. The van der Waals surface area contributed by atoms with E-state index >= 15 is 0 Å². The number of nitrogens with zero attached hydrogens (tertiary/aromatic N) is 1. The Kier molecular flexibility index (Phi) is 6.05. The first-order chi connectivity index (χ1) is 8.34. The van der Waals surface area contributed by atoms with Crippen molar-refractivity contribution < 1.29 is 9.84 Å². The molecule has 4 heteroatoms. The van der Waals surface area contributed by atoms with Crippen molar-refractivity contribution in [3.63, 3.8) is 0 Å². The van der Waals surface area contributed by atoms with Gasteiger partial charge in [0.2, 0.25) is 0 Å². The summed E-state index contributed by atoms with van der Waals surface area (Å²) in [5.41, 5.74) is -0.668. The van der Waals surface area contributed by atoms with Crippen molar-refractivity contribution in [2.24, 2.45) is 0 Å². The van der Waals surface area contributed by atoms with Crippen LogP contribution in [0.3, 0.4) is 0 Å². The molecule has 1 heterocycles. The molecule has 0 aromatic carbocycles. The average Bonchev–Trinajstić information content (AvgIpc) is 2.29. The first-order valence-corrected chi connectivity index (χ1v) is 7.06. The lowest BCUT2D eigenvalue weighted by Gasteiger charge is -2.41. The highest BCUT2D eigenvalue weighted by Crippen LogP contribution is 2.21. The van der Waals surface area contributed by atoms with Gasteiger partial charge in [0.1, 0.15) is 0 Å². The normalized spacial score (nSPS) is 29.5. The number of methoxy groups -OCH3 is 1. The van der Waals surface area contributed by atoms with Gasteiger partial charge in [-0.1, -0.05) is 13.8 Å². The molecule has 0 aliphatic carbocycles. The second-order valence-electron chi connectivity index (χ2n) is 6.23. The molecule has 0 amide bonds. The van der Waals surface area contributed by atoms with Gasteiger partial charge in [0, 0.05) is 38.8 Å². The molecular formula is C14H30N2O2. The number of β-amino-alcohol motifs (C(OH)–C–C–N with tert-alkyl or cyclic N) is 1. The molecule has 0 bridgehead atoms. The Hall–Kier alpha value is -0.160. The number of hydrogen-bond acceptors (Lipinski definition) is 4. The van der Waals surface area contributed by atoms with Gasteiger partial charge in [-0.05, 0) is 26.7 Å². The Bertz CT molecular complexity index is 244. The summed E-state index contributed by atoms with van der Waals surface area (Å²) in [5.74, 6) is 0. The van der Waals surface area contributed by atoms with Gasteiger partial charge < -0.3 is 15.2 Å². The topological polar surface area (TPSA) is 44.7 Å². The Morgan fingerprint density at radius 2 is 2.17 bits per heavy atom. The third kappa shape index (κ3) is 5.22. The lowest BCUT2D eigenvalue weighted by Crippen LogP contribution is -2.53. The SMILES string of the molecule is COC1CCN(CC(C)(O)CNC(C)C)C(C)C1. The van der Waals surface area contributed by atoms with Crippen LogP contribution in [0.15, 0.2) is 0 Å². The minimum atomic E-state index is -0.668. The van der Waals surface area contributed by atoms with Crippen molar-refractivity contribution in [3.8, 4) is 0 Å². The van der Waals surface area contributed by atoms with Crippen LogP contribution in [-0.4, -0.2) is 60.5 Å². The van der Waals surface area contributed by atoms with Gasteiger partial charge >= 0.3 is 0 Å². The van der Waals surface area contributed by atoms with Crippen molar-refractivity contribution in [2.45, 2.75) is 64.3 Å². The predicted octanol–water partition coefficient (Wildman–Crippen LogP) is 1.23. The summed E-state index contributed by atoms with van der Waals surface area (Å²) in [7, 11) is 1.79. The van der Waals surface area contributed by atoms with Crippen LogP contribution in [0.2, 0.25) is 0 Å². The molecule has 3 atom stereocenters. The van der Waals surface area contributed by atoms with E-state index in [-0.39, 0.29) is 0 Å². The van der Waals surface area contributed by atoms with E-state index in [1.54, 1.807) is 7.11 Å². The molecule has 0 spiro atoms. The first-order valence-electron chi connectivity index (χ1n) is 7.06. The zero-order valence-electron chi connectivity index (χ0n) is 12.6. The first kappa shape index (κ1) is 15.9. The monoisotopic (exact) mass is 258 g/mol. The summed E-state index contributed by atoms with van der Waals surface area (Å²) >= 11 is 0. The van der Waals surface area contributed by atoms with Gasteiger partial charge in [0.25, 0.3) is 0 Å². The number of hydrogen-bond donors (Lipinski definition) is 2. The number of likely N-dealkylation sites (tertiary alicyclic amines) is 1. The Labute approximate surface area is 112 Å². The maximum absolute atomic E-state index is 10.4. The van der Waals surface area contributed by atoms with Crippen LogP contribution < -0.4 is 5.32 Å². The fourth-order valence-electron chi connectivity index (χ4n) is 2.54. The van der Waals surface area contributed by atoms with E-state index in [4.69, 9.17) is 4.74 Å². The number of rotatable bonds is 6. The van der Waals surface area contributed by atoms with Crippen LogP contribution in [0.1, 0.15) is 40.5 Å². The van der Waals surface area contributed by atoms with Crippen molar-refractivity contribution in [1.29, 1.82) is 0 Å². The number of aliphatic hydroxyl groups is 1. The number of nitrogens with one attached hydrogen (secondary N) is 1. The van der Waals surface area contributed by atoms with Crippen LogP contribution in [-0.2, 0) is 4.74 Å².